The molecular weight excluding hydrogens is 444 g/mol. The summed E-state index contributed by atoms with van der Waals surface area (Å²) in [5.41, 5.74) is 0.0682. The molecule has 0 amide bonds. The largest absolute Gasteiger partial charge is 0.422 e. The number of rotatable bonds is 4. The molecule has 0 aliphatic rings. The molecule has 0 saturated carbocycles. The first-order chi connectivity index (χ1) is 13.0. The van der Waals surface area contributed by atoms with E-state index in [1.807, 2.05) is 20.8 Å². The van der Waals surface area contributed by atoms with Crippen molar-refractivity contribution in [3.05, 3.63) is 74.6 Å². The highest BCUT2D eigenvalue weighted by molar-refractivity contribution is 9.10. The molecule has 28 heavy (non-hydrogen) atoms. The molecule has 0 unspecified atom stereocenters. The van der Waals surface area contributed by atoms with Crippen LogP contribution in [0.4, 0.5) is 0 Å². The number of carbonyl (C=O) groups is 1. The molecule has 5 nitrogen and oxygen atoms in total. The van der Waals surface area contributed by atoms with Crippen molar-refractivity contribution in [3.63, 3.8) is 0 Å². The van der Waals surface area contributed by atoms with Crippen molar-refractivity contribution in [2.45, 2.75) is 31.1 Å². The van der Waals surface area contributed by atoms with E-state index < -0.39 is 27.0 Å². The number of fused-ring (bicyclic) bond motifs is 1. The van der Waals surface area contributed by atoms with Gasteiger partial charge in [-0.15, -0.1) is 0 Å². The van der Waals surface area contributed by atoms with Gasteiger partial charge in [0.2, 0.25) is 0 Å². The van der Waals surface area contributed by atoms with E-state index in [0.29, 0.717) is 11.0 Å². The van der Waals surface area contributed by atoms with Gasteiger partial charge in [-0.25, -0.2) is 13.2 Å². The van der Waals surface area contributed by atoms with Gasteiger partial charge in [0, 0.05) is 9.86 Å². The highest BCUT2D eigenvalue weighted by Crippen LogP contribution is 2.24. The molecule has 0 N–H and O–H groups in total. The van der Waals surface area contributed by atoms with Gasteiger partial charge in [0.1, 0.15) is 16.9 Å². The summed E-state index contributed by atoms with van der Waals surface area (Å²) in [6.45, 7) is 6.08. The van der Waals surface area contributed by atoms with Crippen molar-refractivity contribution in [2.75, 3.05) is 5.75 Å². The van der Waals surface area contributed by atoms with Gasteiger partial charge in [-0.05, 0) is 47.4 Å². The highest BCUT2D eigenvalue weighted by Gasteiger charge is 2.24. The Morgan fingerprint density at radius 2 is 1.68 bits per heavy atom. The van der Waals surface area contributed by atoms with Crippen LogP contribution in [0.2, 0.25) is 0 Å². The monoisotopic (exact) mass is 462 g/mol. The first-order valence-electron chi connectivity index (χ1n) is 8.57. The third kappa shape index (κ3) is 4.25. The van der Waals surface area contributed by atoms with Gasteiger partial charge < -0.3 is 4.42 Å². The van der Waals surface area contributed by atoms with E-state index in [9.17, 15) is 18.0 Å². The van der Waals surface area contributed by atoms with Gasteiger partial charge in [-0.2, -0.15) is 0 Å². The Kier molecular flexibility index (Phi) is 5.34. The normalized spacial score (nSPS) is 12.3. The summed E-state index contributed by atoms with van der Waals surface area (Å²) in [5, 5.41) is 0.532. The van der Waals surface area contributed by atoms with E-state index >= 15 is 0 Å². The lowest BCUT2D eigenvalue weighted by atomic mass is 9.87. The lowest BCUT2D eigenvalue weighted by molar-refractivity contribution is 0.101. The van der Waals surface area contributed by atoms with Crippen LogP contribution in [0.25, 0.3) is 11.0 Å². The van der Waals surface area contributed by atoms with Gasteiger partial charge in [0.25, 0.3) is 0 Å². The Bertz CT molecular complexity index is 1220. The third-order valence-corrected chi connectivity index (χ3v) is 6.52. The SMILES string of the molecule is CC(C)(C)c1ccc(S(=O)(=O)CC(=O)c2cc3cc(Br)ccc3oc2=O)cc1. The summed E-state index contributed by atoms with van der Waals surface area (Å²) in [7, 11) is -3.89. The van der Waals surface area contributed by atoms with Crippen LogP contribution in [0.15, 0.2) is 67.1 Å². The van der Waals surface area contributed by atoms with Crippen molar-refractivity contribution >= 4 is 42.5 Å². The fraction of sp³-hybridized carbons (Fsp3) is 0.238. The van der Waals surface area contributed by atoms with Crippen molar-refractivity contribution < 1.29 is 17.6 Å². The number of hydrogen-bond donors (Lipinski definition) is 0. The molecule has 0 saturated heterocycles. The second-order valence-electron chi connectivity index (χ2n) is 7.59. The molecule has 0 radical (unpaired) electrons. The maximum Gasteiger partial charge on any atom is 0.347 e. The minimum absolute atomic E-state index is 0.0433. The Hall–Kier alpha value is -2.25. The van der Waals surface area contributed by atoms with E-state index in [-0.39, 0.29) is 15.9 Å². The van der Waals surface area contributed by atoms with E-state index in [1.165, 1.54) is 18.2 Å². The molecule has 3 rings (SSSR count). The minimum Gasteiger partial charge on any atom is -0.422 e. The molecule has 0 aliphatic carbocycles. The lowest BCUT2D eigenvalue weighted by Gasteiger charge is -2.19. The number of halogens is 1. The van der Waals surface area contributed by atoms with Crippen molar-refractivity contribution in [2.24, 2.45) is 0 Å². The number of carbonyl (C=O) groups excluding carboxylic acids is 1. The standard InChI is InChI=1S/C21H19BrO5S/c1-21(2,3)14-4-7-16(8-5-14)28(25,26)12-18(23)17-11-13-10-15(22)6-9-19(13)27-20(17)24/h4-11H,12H2,1-3H3. The molecule has 3 aromatic rings. The zero-order chi connectivity index (χ0) is 20.7. The summed E-state index contributed by atoms with van der Waals surface area (Å²) in [4.78, 5) is 24.7. The van der Waals surface area contributed by atoms with Gasteiger partial charge in [0.15, 0.2) is 15.6 Å². The van der Waals surface area contributed by atoms with Gasteiger partial charge >= 0.3 is 5.63 Å². The van der Waals surface area contributed by atoms with Crippen LogP contribution in [-0.2, 0) is 15.3 Å². The lowest BCUT2D eigenvalue weighted by Crippen LogP contribution is -2.22. The zero-order valence-electron chi connectivity index (χ0n) is 15.7. The van der Waals surface area contributed by atoms with Crippen LogP contribution in [0, 0.1) is 0 Å². The first-order valence-corrected chi connectivity index (χ1v) is 11.0. The van der Waals surface area contributed by atoms with E-state index in [4.69, 9.17) is 4.42 Å². The summed E-state index contributed by atoms with van der Waals surface area (Å²) in [6, 6.07) is 12.8. The van der Waals surface area contributed by atoms with Crippen LogP contribution >= 0.6 is 15.9 Å². The predicted octanol–water partition coefficient (Wildman–Crippen LogP) is 4.51. The second-order valence-corrected chi connectivity index (χ2v) is 10.5. The average molecular weight is 463 g/mol. The Morgan fingerprint density at radius 1 is 1.04 bits per heavy atom. The molecule has 1 aromatic heterocycles. The van der Waals surface area contributed by atoms with Crippen LogP contribution in [0.1, 0.15) is 36.7 Å². The molecule has 7 heteroatoms. The van der Waals surface area contributed by atoms with Gasteiger partial charge in [-0.1, -0.05) is 48.8 Å². The zero-order valence-corrected chi connectivity index (χ0v) is 18.1. The number of Topliss-reactive ketones (excluding diaryl/α,β-unsaturated/α-hetero) is 1. The number of hydrogen-bond acceptors (Lipinski definition) is 5. The summed E-state index contributed by atoms with van der Waals surface area (Å²) in [5.74, 6) is -1.60. The number of sulfone groups is 1. The second kappa shape index (κ2) is 7.29. The highest BCUT2D eigenvalue weighted by atomic mass is 79.9. The molecule has 2 aromatic carbocycles. The van der Waals surface area contributed by atoms with Crippen LogP contribution in [0.3, 0.4) is 0 Å². The molecule has 0 fully saturated rings. The Balaban J connectivity index is 1.92. The van der Waals surface area contributed by atoms with Crippen molar-refractivity contribution in [3.8, 4) is 0 Å². The smallest absolute Gasteiger partial charge is 0.347 e. The first kappa shape index (κ1) is 20.5. The van der Waals surface area contributed by atoms with Gasteiger partial charge in [-0.3, -0.25) is 4.79 Å². The van der Waals surface area contributed by atoms with E-state index in [2.05, 4.69) is 15.9 Å². The van der Waals surface area contributed by atoms with Crippen molar-refractivity contribution in [1.29, 1.82) is 0 Å². The molecule has 0 spiro atoms. The Morgan fingerprint density at radius 3 is 2.29 bits per heavy atom. The third-order valence-electron chi connectivity index (χ3n) is 4.40. The molecule has 0 aliphatic heterocycles. The maximum absolute atomic E-state index is 12.6. The van der Waals surface area contributed by atoms with Gasteiger partial charge in [0.05, 0.1) is 4.90 Å². The average Bonchev–Trinajstić information content (AvgIpc) is 2.60. The fourth-order valence-electron chi connectivity index (χ4n) is 2.78. The predicted molar refractivity (Wildman–Crippen MR) is 112 cm³/mol. The molecule has 146 valence electrons. The topological polar surface area (TPSA) is 81.4 Å². The molecule has 1 heterocycles. The van der Waals surface area contributed by atoms with E-state index in [0.717, 1.165) is 10.0 Å². The molecule has 0 atom stereocenters. The summed E-state index contributed by atoms with van der Waals surface area (Å²) < 4.78 is 31.2. The maximum atomic E-state index is 12.6. The Labute approximate surface area is 171 Å². The fourth-order valence-corrected chi connectivity index (χ4v) is 4.38. The van der Waals surface area contributed by atoms with E-state index in [1.54, 1.807) is 30.3 Å². The van der Waals surface area contributed by atoms with Crippen LogP contribution in [0.5, 0.6) is 0 Å². The minimum atomic E-state index is -3.89. The van der Waals surface area contributed by atoms with Crippen LogP contribution in [-0.4, -0.2) is 20.0 Å². The number of benzene rings is 2. The quantitative estimate of drug-likeness (QED) is 0.420. The summed E-state index contributed by atoms with van der Waals surface area (Å²) in [6.07, 6.45) is 0. The number of ketones is 1. The molecule has 0 bridgehead atoms. The van der Waals surface area contributed by atoms with Crippen molar-refractivity contribution in [1.82, 2.24) is 0 Å². The van der Waals surface area contributed by atoms with Crippen LogP contribution < -0.4 is 5.63 Å². The molecular formula is C21H19BrO5S. The summed E-state index contributed by atoms with van der Waals surface area (Å²) >= 11 is 3.31.